The van der Waals surface area contributed by atoms with Crippen molar-refractivity contribution in [2.45, 2.75) is 44.6 Å². The molecule has 0 bridgehead atoms. The first-order valence-corrected chi connectivity index (χ1v) is 7.24. The zero-order chi connectivity index (χ0) is 14.1. The lowest BCUT2D eigenvalue weighted by molar-refractivity contribution is -0.141. The van der Waals surface area contributed by atoms with Crippen molar-refractivity contribution in [3.63, 3.8) is 0 Å². The summed E-state index contributed by atoms with van der Waals surface area (Å²) in [7, 11) is 0. The van der Waals surface area contributed by atoms with E-state index in [1.807, 2.05) is 6.07 Å². The smallest absolute Gasteiger partial charge is 0.306 e. The largest absolute Gasteiger partial charge is 0.481 e. The number of carbonyl (C=O) groups excluding carboxylic acids is 1. The van der Waals surface area contributed by atoms with E-state index < -0.39 is 5.97 Å². The summed E-state index contributed by atoms with van der Waals surface area (Å²) in [4.78, 5) is 23.2. The number of carboxylic acids is 1. The Kier molecular flexibility index (Phi) is 3.51. The van der Waals surface area contributed by atoms with Crippen molar-refractivity contribution >= 4 is 11.9 Å². The Morgan fingerprint density at radius 2 is 2.05 bits per heavy atom. The minimum Gasteiger partial charge on any atom is -0.481 e. The second-order valence-corrected chi connectivity index (χ2v) is 5.80. The SMILES string of the molecule is O=C(O)C1CCC(C(=O)NC2CCCc3occc32)C1. The van der Waals surface area contributed by atoms with E-state index in [0.29, 0.717) is 19.3 Å². The highest BCUT2D eigenvalue weighted by atomic mass is 16.4. The van der Waals surface area contributed by atoms with Crippen LogP contribution in [0, 0.1) is 11.8 Å². The Balaban J connectivity index is 1.62. The number of aliphatic carboxylic acids is 1. The van der Waals surface area contributed by atoms with Gasteiger partial charge in [-0.2, -0.15) is 0 Å². The minimum atomic E-state index is -0.782. The molecule has 108 valence electrons. The summed E-state index contributed by atoms with van der Waals surface area (Å²) in [6, 6.07) is 1.95. The van der Waals surface area contributed by atoms with Gasteiger partial charge in [0.2, 0.25) is 5.91 Å². The molecule has 1 fully saturated rings. The van der Waals surface area contributed by atoms with Crippen LogP contribution < -0.4 is 5.32 Å². The van der Waals surface area contributed by atoms with Crippen molar-refractivity contribution < 1.29 is 19.1 Å². The second-order valence-electron chi connectivity index (χ2n) is 5.80. The third-order valence-corrected chi connectivity index (χ3v) is 4.52. The van der Waals surface area contributed by atoms with E-state index in [0.717, 1.165) is 30.6 Å². The van der Waals surface area contributed by atoms with Crippen LogP contribution in [0.3, 0.4) is 0 Å². The molecule has 1 aromatic heterocycles. The second kappa shape index (κ2) is 5.31. The highest BCUT2D eigenvalue weighted by molar-refractivity contribution is 5.81. The maximum atomic E-state index is 12.3. The van der Waals surface area contributed by atoms with E-state index in [9.17, 15) is 9.59 Å². The topological polar surface area (TPSA) is 79.5 Å². The van der Waals surface area contributed by atoms with Crippen molar-refractivity contribution in [3.05, 3.63) is 23.7 Å². The highest BCUT2D eigenvalue weighted by Gasteiger charge is 2.35. The molecule has 2 aliphatic carbocycles. The lowest BCUT2D eigenvalue weighted by Gasteiger charge is -2.24. The molecule has 3 rings (SSSR count). The van der Waals surface area contributed by atoms with Crippen LogP contribution in [-0.4, -0.2) is 17.0 Å². The van der Waals surface area contributed by atoms with Crippen LogP contribution in [0.1, 0.15) is 49.5 Å². The number of amides is 1. The molecular weight excluding hydrogens is 258 g/mol. The number of fused-ring (bicyclic) bond motifs is 1. The average molecular weight is 277 g/mol. The molecule has 1 aromatic rings. The lowest BCUT2D eigenvalue weighted by Crippen LogP contribution is -2.34. The maximum Gasteiger partial charge on any atom is 0.306 e. The summed E-state index contributed by atoms with van der Waals surface area (Å²) in [5.74, 6) is -0.339. The Hall–Kier alpha value is -1.78. The van der Waals surface area contributed by atoms with Gasteiger partial charge < -0.3 is 14.8 Å². The number of rotatable bonds is 3. The van der Waals surface area contributed by atoms with E-state index >= 15 is 0 Å². The number of carboxylic acid groups (broad SMARTS) is 1. The average Bonchev–Trinajstić information content (AvgIpc) is 3.08. The standard InChI is InChI=1S/C15H19NO4/c17-14(9-4-5-10(8-9)15(18)19)16-12-2-1-3-13-11(12)6-7-20-13/h6-7,9-10,12H,1-5,8H2,(H,16,17)(H,18,19). The first kappa shape index (κ1) is 13.2. The van der Waals surface area contributed by atoms with Crippen molar-refractivity contribution in [1.29, 1.82) is 0 Å². The molecule has 20 heavy (non-hydrogen) atoms. The van der Waals surface area contributed by atoms with Gasteiger partial charge in [-0.05, 0) is 38.2 Å². The number of aryl methyl sites for hydroxylation is 1. The molecule has 5 nitrogen and oxygen atoms in total. The lowest BCUT2D eigenvalue weighted by atomic mass is 9.92. The molecule has 2 aliphatic rings. The summed E-state index contributed by atoms with van der Waals surface area (Å²) in [6.45, 7) is 0. The molecule has 0 saturated heterocycles. The van der Waals surface area contributed by atoms with E-state index in [-0.39, 0.29) is 23.8 Å². The molecule has 0 aliphatic heterocycles. The Morgan fingerprint density at radius 3 is 2.80 bits per heavy atom. The van der Waals surface area contributed by atoms with Gasteiger partial charge in [0.15, 0.2) is 0 Å². The maximum absolute atomic E-state index is 12.3. The number of carbonyl (C=O) groups is 2. The number of hydrogen-bond donors (Lipinski definition) is 2. The fraction of sp³-hybridized carbons (Fsp3) is 0.600. The fourth-order valence-electron chi connectivity index (χ4n) is 3.37. The third-order valence-electron chi connectivity index (χ3n) is 4.52. The molecule has 3 atom stereocenters. The molecule has 0 spiro atoms. The van der Waals surface area contributed by atoms with Crippen LogP contribution in [0.15, 0.2) is 16.7 Å². The quantitative estimate of drug-likeness (QED) is 0.888. The molecule has 1 heterocycles. The van der Waals surface area contributed by atoms with Gasteiger partial charge in [0.05, 0.1) is 18.2 Å². The van der Waals surface area contributed by atoms with Crippen molar-refractivity contribution in [1.82, 2.24) is 5.32 Å². The van der Waals surface area contributed by atoms with Gasteiger partial charge in [-0.3, -0.25) is 9.59 Å². The molecule has 1 saturated carbocycles. The van der Waals surface area contributed by atoms with Crippen LogP contribution in [0.5, 0.6) is 0 Å². The van der Waals surface area contributed by atoms with E-state index in [1.54, 1.807) is 6.26 Å². The van der Waals surface area contributed by atoms with Crippen LogP contribution in [-0.2, 0) is 16.0 Å². The van der Waals surface area contributed by atoms with Crippen LogP contribution in [0.2, 0.25) is 0 Å². The van der Waals surface area contributed by atoms with Gasteiger partial charge in [-0.1, -0.05) is 0 Å². The monoisotopic (exact) mass is 277 g/mol. The van der Waals surface area contributed by atoms with Crippen LogP contribution in [0.25, 0.3) is 0 Å². The zero-order valence-corrected chi connectivity index (χ0v) is 11.3. The first-order chi connectivity index (χ1) is 9.65. The number of furan rings is 1. The number of hydrogen-bond acceptors (Lipinski definition) is 3. The van der Waals surface area contributed by atoms with E-state index in [1.165, 1.54) is 0 Å². The van der Waals surface area contributed by atoms with Crippen molar-refractivity contribution in [2.75, 3.05) is 0 Å². The van der Waals surface area contributed by atoms with E-state index in [2.05, 4.69) is 5.32 Å². The summed E-state index contributed by atoms with van der Waals surface area (Å²) >= 11 is 0. The van der Waals surface area contributed by atoms with Gasteiger partial charge in [0.1, 0.15) is 5.76 Å². The first-order valence-electron chi connectivity index (χ1n) is 7.24. The van der Waals surface area contributed by atoms with Crippen molar-refractivity contribution in [3.8, 4) is 0 Å². The summed E-state index contributed by atoms with van der Waals surface area (Å²) in [6.07, 6.45) is 6.28. The van der Waals surface area contributed by atoms with Crippen LogP contribution in [0.4, 0.5) is 0 Å². The van der Waals surface area contributed by atoms with Crippen molar-refractivity contribution in [2.24, 2.45) is 11.8 Å². The van der Waals surface area contributed by atoms with Crippen LogP contribution >= 0.6 is 0 Å². The molecule has 3 unspecified atom stereocenters. The van der Waals surface area contributed by atoms with E-state index in [4.69, 9.17) is 9.52 Å². The molecule has 0 aromatic carbocycles. The Bertz CT molecular complexity index is 522. The summed E-state index contributed by atoms with van der Waals surface area (Å²) < 4.78 is 5.41. The third kappa shape index (κ3) is 2.44. The predicted octanol–water partition coefficient (Wildman–Crippen LogP) is 2.27. The summed E-state index contributed by atoms with van der Waals surface area (Å²) in [5, 5.41) is 12.1. The summed E-state index contributed by atoms with van der Waals surface area (Å²) in [5.41, 5.74) is 1.08. The number of nitrogens with one attached hydrogen (secondary N) is 1. The van der Waals surface area contributed by atoms with Gasteiger partial charge >= 0.3 is 5.97 Å². The Morgan fingerprint density at radius 1 is 1.25 bits per heavy atom. The fourth-order valence-corrected chi connectivity index (χ4v) is 3.37. The normalized spacial score (nSPS) is 28.9. The zero-order valence-electron chi connectivity index (χ0n) is 11.3. The molecular formula is C15H19NO4. The molecule has 2 N–H and O–H groups in total. The van der Waals surface area contributed by atoms with Gasteiger partial charge in [0, 0.05) is 17.9 Å². The predicted molar refractivity (Wildman–Crippen MR) is 71.0 cm³/mol. The van der Waals surface area contributed by atoms with Gasteiger partial charge in [-0.15, -0.1) is 0 Å². The van der Waals surface area contributed by atoms with Gasteiger partial charge in [-0.25, -0.2) is 0 Å². The molecule has 0 radical (unpaired) electrons. The Labute approximate surface area is 117 Å². The molecule has 1 amide bonds. The minimum absolute atomic E-state index is 0.00667. The molecule has 5 heteroatoms. The highest BCUT2D eigenvalue weighted by Crippen LogP contribution is 2.34. The van der Waals surface area contributed by atoms with Gasteiger partial charge in [0.25, 0.3) is 0 Å².